The third-order valence-corrected chi connectivity index (χ3v) is 4.83. The SMILES string of the molecule is Cc1ccc(-c2nc(C)c(C(C)CN)s2)cc1C. The van der Waals surface area contributed by atoms with Crippen molar-refractivity contribution in [3.8, 4) is 10.6 Å². The molecule has 1 aromatic carbocycles. The summed E-state index contributed by atoms with van der Waals surface area (Å²) in [6.07, 6.45) is 0. The molecule has 0 aliphatic carbocycles. The van der Waals surface area contributed by atoms with Crippen molar-refractivity contribution in [3.63, 3.8) is 0 Å². The number of hydrogen-bond donors (Lipinski definition) is 1. The molecule has 0 aliphatic heterocycles. The third kappa shape index (κ3) is 2.47. The van der Waals surface area contributed by atoms with E-state index >= 15 is 0 Å². The molecule has 1 aromatic heterocycles. The van der Waals surface area contributed by atoms with Crippen molar-refractivity contribution >= 4 is 11.3 Å². The Bertz CT molecular complexity index is 558. The quantitative estimate of drug-likeness (QED) is 0.911. The molecule has 2 nitrogen and oxygen atoms in total. The molecule has 0 fully saturated rings. The monoisotopic (exact) mass is 260 g/mol. The average molecular weight is 260 g/mol. The lowest BCUT2D eigenvalue weighted by molar-refractivity contribution is 0.780. The second-order valence-electron chi connectivity index (χ2n) is 4.90. The van der Waals surface area contributed by atoms with Gasteiger partial charge in [0, 0.05) is 16.4 Å². The van der Waals surface area contributed by atoms with Gasteiger partial charge in [-0.1, -0.05) is 19.1 Å². The van der Waals surface area contributed by atoms with Crippen LogP contribution in [0.4, 0.5) is 0 Å². The standard InChI is InChI=1S/C15H20N2S/c1-9-5-6-13(7-10(9)2)15-17-12(4)14(18-15)11(3)8-16/h5-7,11H,8,16H2,1-4H3. The Kier molecular flexibility index (Phi) is 3.83. The largest absolute Gasteiger partial charge is 0.330 e. The molecule has 1 unspecified atom stereocenters. The predicted molar refractivity (Wildman–Crippen MR) is 79.2 cm³/mol. The minimum absolute atomic E-state index is 0.391. The summed E-state index contributed by atoms with van der Waals surface area (Å²) >= 11 is 1.77. The van der Waals surface area contributed by atoms with Crippen LogP contribution in [0.5, 0.6) is 0 Å². The lowest BCUT2D eigenvalue weighted by atomic mass is 10.1. The summed E-state index contributed by atoms with van der Waals surface area (Å²) in [4.78, 5) is 5.99. The van der Waals surface area contributed by atoms with Gasteiger partial charge < -0.3 is 5.73 Å². The third-order valence-electron chi connectivity index (χ3n) is 3.39. The summed E-state index contributed by atoms with van der Waals surface area (Å²) in [7, 11) is 0. The van der Waals surface area contributed by atoms with Gasteiger partial charge in [0.1, 0.15) is 5.01 Å². The van der Waals surface area contributed by atoms with Gasteiger partial charge in [0.15, 0.2) is 0 Å². The van der Waals surface area contributed by atoms with E-state index in [0.717, 1.165) is 10.7 Å². The topological polar surface area (TPSA) is 38.9 Å². The summed E-state index contributed by atoms with van der Waals surface area (Å²) in [6, 6.07) is 6.52. The van der Waals surface area contributed by atoms with Crippen molar-refractivity contribution in [2.45, 2.75) is 33.6 Å². The molecule has 0 saturated heterocycles. The van der Waals surface area contributed by atoms with Crippen molar-refractivity contribution < 1.29 is 0 Å². The molecule has 3 heteroatoms. The second kappa shape index (κ2) is 5.21. The van der Waals surface area contributed by atoms with Gasteiger partial charge in [-0.25, -0.2) is 4.98 Å². The maximum absolute atomic E-state index is 5.74. The van der Waals surface area contributed by atoms with Gasteiger partial charge in [-0.2, -0.15) is 0 Å². The Morgan fingerprint density at radius 1 is 1.22 bits per heavy atom. The summed E-state index contributed by atoms with van der Waals surface area (Å²) in [5.41, 5.74) is 10.7. The zero-order valence-corrected chi connectivity index (χ0v) is 12.3. The molecule has 0 amide bonds. The Hall–Kier alpha value is -1.19. The molecule has 2 N–H and O–H groups in total. The number of nitrogens with zero attached hydrogens (tertiary/aromatic N) is 1. The van der Waals surface area contributed by atoms with Gasteiger partial charge in [0.2, 0.25) is 0 Å². The lowest BCUT2D eigenvalue weighted by Gasteiger charge is -2.05. The first-order chi connectivity index (χ1) is 8.52. The van der Waals surface area contributed by atoms with Gasteiger partial charge in [0.05, 0.1) is 5.69 Å². The molecule has 1 heterocycles. The molecule has 0 saturated carbocycles. The van der Waals surface area contributed by atoms with Crippen LogP contribution in [-0.4, -0.2) is 11.5 Å². The summed E-state index contributed by atoms with van der Waals surface area (Å²) in [6.45, 7) is 9.18. The highest BCUT2D eigenvalue weighted by Crippen LogP contribution is 2.32. The molecule has 2 rings (SSSR count). The van der Waals surface area contributed by atoms with Crippen molar-refractivity contribution in [2.24, 2.45) is 5.73 Å². The van der Waals surface area contributed by atoms with Crippen LogP contribution in [0.25, 0.3) is 10.6 Å². The summed E-state index contributed by atoms with van der Waals surface area (Å²) in [5, 5.41) is 1.10. The first-order valence-electron chi connectivity index (χ1n) is 6.28. The fourth-order valence-corrected chi connectivity index (χ4v) is 3.10. The predicted octanol–water partition coefficient (Wildman–Crippen LogP) is 3.80. The second-order valence-corrected chi connectivity index (χ2v) is 5.94. The zero-order chi connectivity index (χ0) is 13.3. The molecule has 0 radical (unpaired) electrons. The minimum atomic E-state index is 0.391. The Morgan fingerprint density at radius 2 is 1.94 bits per heavy atom. The molecule has 2 aromatic rings. The van der Waals surface area contributed by atoms with Gasteiger partial charge in [-0.3, -0.25) is 0 Å². The van der Waals surface area contributed by atoms with Crippen LogP contribution in [0.15, 0.2) is 18.2 Å². The van der Waals surface area contributed by atoms with Gasteiger partial charge >= 0.3 is 0 Å². The maximum atomic E-state index is 5.74. The van der Waals surface area contributed by atoms with Crippen molar-refractivity contribution in [2.75, 3.05) is 6.54 Å². The van der Waals surface area contributed by atoms with Gasteiger partial charge in [0.25, 0.3) is 0 Å². The number of nitrogens with two attached hydrogens (primary N) is 1. The smallest absolute Gasteiger partial charge is 0.123 e. The zero-order valence-electron chi connectivity index (χ0n) is 11.4. The molecule has 0 bridgehead atoms. The number of hydrogen-bond acceptors (Lipinski definition) is 3. The number of benzene rings is 1. The summed E-state index contributed by atoms with van der Waals surface area (Å²) in [5.74, 6) is 0.391. The molecule has 0 aliphatic rings. The highest BCUT2D eigenvalue weighted by atomic mass is 32.1. The van der Waals surface area contributed by atoms with Gasteiger partial charge in [-0.15, -0.1) is 11.3 Å². The van der Waals surface area contributed by atoms with E-state index in [-0.39, 0.29) is 0 Å². The van der Waals surface area contributed by atoms with Crippen LogP contribution in [0.2, 0.25) is 0 Å². The molecule has 96 valence electrons. The van der Waals surface area contributed by atoms with Crippen molar-refractivity contribution in [3.05, 3.63) is 39.9 Å². The highest BCUT2D eigenvalue weighted by molar-refractivity contribution is 7.15. The van der Waals surface area contributed by atoms with Crippen LogP contribution >= 0.6 is 11.3 Å². The fraction of sp³-hybridized carbons (Fsp3) is 0.400. The normalized spacial score (nSPS) is 12.7. The van der Waals surface area contributed by atoms with Crippen LogP contribution in [-0.2, 0) is 0 Å². The fourth-order valence-electron chi connectivity index (χ4n) is 1.97. The molecule has 0 spiro atoms. The molecular formula is C15H20N2S. The molecule has 18 heavy (non-hydrogen) atoms. The van der Waals surface area contributed by atoms with Crippen molar-refractivity contribution in [1.82, 2.24) is 4.98 Å². The first kappa shape index (κ1) is 13.2. The highest BCUT2D eigenvalue weighted by Gasteiger charge is 2.14. The van der Waals surface area contributed by atoms with Crippen LogP contribution in [0, 0.1) is 20.8 Å². The number of aryl methyl sites for hydroxylation is 3. The van der Waals surface area contributed by atoms with Crippen LogP contribution in [0.3, 0.4) is 0 Å². The van der Waals surface area contributed by atoms with E-state index in [4.69, 9.17) is 5.73 Å². The number of aromatic nitrogens is 1. The Balaban J connectivity index is 2.42. The first-order valence-corrected chi connectivity index (χ1v) is 7.09. The number of thiazole rings is 1. The average Bonchev–Trinajstić information content (AvgIpc) is 2.74. The Morgan fingerprint density at radius 3 is 2.56 bits per heavy atom. The van der Waals surface area contributed by atoms with Crippen molar-refractivity contribution in [1.29, 1.82) is 0 Å². The van der Waals surface area contributed by atoms with E-state index in [9.17, 15) is 0 Å². The van der Waals surface area contributed by atoms with Crippen LogP contribution < -0.4 is 5.73 Å². The van der Waals surface area contributed by atoms with Crippen LogP contribution in [0.1, 0.15) is 34.5 Å². The maximum Gasteiger partial charge on any atom is 0.123 e. The van der Waals surface area contributed by atoms with Gasteiger partial charge in [-0.05, 0) is 44.5 Å². The Labute approximate surface area is 113 Å². The summed E-state index contributed by atoms with van der Waals surface area (Å²) < 4.78 is 0. The van der Waals surface area contributed by atoms with E-state index in [2.05, 4.69) is 50.9 Å². The molecule has 1 atom stereocenters. The van der Waals surface area contributed by atoms with E-state index in [1.54, 1.807) is 11.3 Å². The molecular weight excluding hydrogens is 240 g/mol. The van der Waals surface area contributed by atoms with E-state index in [1.165, 1.54) is 21.6 Å². The van der Waals surface area contributed by atoms with E-state index in [0.29, 0.717) is 12.5 Å². The number of rotatable bonds is 3. The van der Waals surface area contributed by atoms with E-state index < -0.39 is 0 Å². The lowest BCUT2D eigenvalue weighted by Crippen LogP contribution is -2.08. The van der Waals surface area contributed by atoms with E-state index in [1.807, 2.05) is 0 Å². The minimum Gasteiger partial charge on any atom is -0.330 e.